The molecule has 2 rings (SSSR count). The van der Waals surface area contributed by atoms with Crippen LogP contribution in [-0.4, -0.2) is 29.8 Å². The number of carbonyl (C=O) groups excluding carboxylic acids is 2. The second kappa shape index (κ2) is 14.0. The molecule has 1 N–H and O–H groups in total. The van der Waals surface area contributed by atoms with Gasteiger partial charge in [0.1, 0.15) is 0 Å². The maximum absolute atomic E-state index is 13.2. The highest BCUT2D eigenvalue weighted by Crippen LogP contribution is 2.17. The van der Waals surface area contributed by atoms with Crippen molar-refractivity contribution in [2.45, 2.75) is 65.2 Å². The van der Waals surface area contributed by atoms with E-state index in [1.54, 1.807) is 18.2 Å². The first-order chi connectivity index (χ1) is 15.0. The van der Waals surface area contributed by atoms with E-state index in [4.69, 9.17) is 0 Å². The maximum atomic E-state index is 13.2. The van der Waals surface area contributed by atoms with E-state index in [9.17, 15) is 9.59 Å². The van der Waals surface area contributed by atoms with Gasteiger partial charge in [-0.05, 0) is 55.3 Å². The van der Waals surface area contributed by atoms with E-state index < -0.39 is 0 Å². The quantitative estimate of drug-likeness (QED) is 0.301. The van der Waals surface area contributed by atoms with Crippen molar-refractivity contribution >= 4 is 33.4 Å². The summed E-state index contributed by atoms with van der Waals surface area (Å²) >= 11 is 3.38. The first-order valence-electron chi connectivity index (χ1n) is 11.5. The van der Waals surface area contributed by atoms with E-state index in [-0.39, 0.29) is 11.8 Å². The van der Waals surface area contributed by atoms with Crippen LogP contribution in [0.3, 0.4) is 0 Å². The Balaban J connectivity index is 2.05. The van der Waals surface area contributed by atoms with Gasteiger partial charge >= 0.3 is 0 Å². The summed E-state index contributed by atoms with van der Waals surface area (Å²) in [6.45, 7) is 5.98. The van der Waals surface area contributed by atoms with Gasteiger partial charge in [0.15, 0.2) is 0 Å². The third kappa shape index (κ3) is 8.86. The second-order valence-corrected chi connectivity index (χ2v) is 8.87. The summed E-state index contributed by atoms with van der Waals surface area (Å²) in [5.41, 5.74) is 1.84. The summed E-state index contributed by atoms with van der Waals surface area (Å²) in [5, 5.41) is 2.91. The Morgan fingerprint density at radius 2 is 1.42 bits per heavy atom. The van der Waals surface area contributed by atoms with Crippen LogP contribution < -0.4 is 5.32 Å². The third-order valence-corrected chi connectivity index (χ3v) is 5.85. The molecule has 0 unspecified atom stereocenters. The molecule has 168 valence electrons. The average Bonchev–Trinajstić information content (AvgIpc) is 2.78. The van der Waals surface area contributed by atoms with Crippen LogP contribution in [0.25, 0.3) is 0 Å². The predicted molar refractivity (Wildman–Crippen MR) is 133 cm³/mol. The number of nitrogens with zero attached hydrogens (tertiary/aromatic N) is 1. The van der Waals surface area contributed by atoms with E-state index in [0.29, 0.717) is 16.8 Å². The van der Waals surface area contributed by atoms with Crippen LogP contribution in [0.15, 0.2) is 53.0 Å². The first kappa shape index (κ1) is 25.1. The fourth-order valence-electron chi connectivity index (χ4n) is 3.49. The maximum Gasteiger partial charge on any atom is 0.255 e. The summed E-state index contributed by atoms with van der Waals surface area (Å²) in [6.07, 6.45) is 9.15. The molecular formula is C26H35BrN2O2. The molecule has 0 aliphatic carbocycles. The number of amides is 2. The van der Waals surface area contributed by atoms with Gasteiger partial charge < -0.3 is 10.2 Å². The normalized spacial score (nSPS) is 10.7. The molecule has 2 aromatic carbocycles. The number of anilines is 1. The fraction of sp³-hybridized carbons (Fsp3) is 0.462. The van der Waals surface area contributed by atoms with E-state index in [2.05, 4.69) is 35.1 Å². The van der Waals surface area contributed by atoms with Crippen molar-refractivity contribution in [3.05, 3.63) is 64.1 Å². The molecule has 0 heterocycles. The van der Waals surface area contributed by atoms with Gasteiger partial charge in [-0.3, -0.25) is 9.59 Å². The molecule has 4 nitrogen and oxygen atoms in total. The van der Waals surface area contributed by atoms with Crippen LogP contribution in [0.5, 0.6) is 0 Å². The molecule has 2 aromatic rings. The second-order valence-electron chi connectivity index (χ2n) is 7.96. The molecule has 0 aliphatic heterocycles. The molecule has 0 bridgehead atoms. The fourth-order valence-corrected chi connectivity index (χ4v) is 3.76. The number of benzene rings is 2. The lowest BCUT2D eigenvalue weighted by Gasteiger charge is -2.23. The van der Waals surface area contributed by atoms with Crippen molar-refractivity contribution < 1.29 is 9.59 Å². The Hall–Kier alpha value is -2.14. The topological polar surface area (TPSA) is 49.4 Å². The zero-order chi connectivity index (χ0) is 22.5. The van der Waals surface area contributed by atoms with Crippen LogP contribution in [0.4, 0.5) is 5.69 Å². The van der Waals surface area contributed by atoms with Crippen LogP contribution in [0.1, 0.15) is 85.9 Å². The molecule has 0 aliphatic rings. The first-order valence-corrected chi connectivity index (χ1v) is 12.3. The summed E-state index contributed by atoms with van der Waals surface area (Å²) in [6, 6.07) is 14.5. The Bertz CT molecular complexity index is 808. The van der Waals surface area contributed by atoms with Crippen molar-refractivity contribution in [3.8, 4) is 0 Å². The van der Waals surface area contributed by atoms with Gasteiger partial charge in [0.05, 0.1) is 0 Å². The van der Waals surface area contributed by atoms with Crippen LogP contribution in [0, 0.1) is 0 Å². The Labute approximate surface area is 195 Å². The highest BCUT2D eigenvalue weighted by molar-refractivity contribution is 9.10. The molecule has 0 saturated heterocycles. The molecule has 0 aromatic heterocycles. The minimum atomic E-state index is -0.187. The van der Waals surface area contributed by atoms with Crippen molar-refractivity contribution in [1.29, 1.82) is 0 Å². The summed E-state index contributed by atoms with van der Waals surface area (Å²) in [5.74, 6) is -0.138. The van der Waals surface area contributed by atoms with Gasteiger partial charge in [0, 0.05) is 34.4 Å². The van der Waals surface area contributed by atoms with Gasteiger partial charge in [0.2, 0.25) is 0 Å². The van der Waals surface area contributed by atoms with Crippen molar-refractivity contribution in [1.82, 2.24) is 4.90 Å². The predicted octanol–water partition coefficient (Wildman–Crippen LogP) is 7.30. The molecule has 2 amide bonds. The summed E-state index contributed by atoms with van der Waals surface area (Å²) < 4.78 is 0.926. The van der Waals surface area contributed by atoms with Crippen LogP contribution in [0.2, 0.25) is 0 Å². The van der Waals surface area contributed by atoms with E-state index in [0.717, 1.165) is 43.2 Å². The highest BCUT2D eigenvalue weighted by Gasteiger charge is 2.16. The van der Waals surface area contributed by atoms with Crippen molar-refractivity contribution in [2.24, 2.45) is 0 Å². The van der Waals surface area contributed by atoms with Gasteiger partial charge in [-0.15, -0.1) is 0 Å². The van der Waals surface area contributed by atoms with E-state index in [1.807, 2.05) is 35.2 Å². The minimum Gasteiger partial charge on any atom is -0.339 e. The zero-order valence-electron chi connectivity index (χ0n) is 18.8. The molecule has 0 spiro atoms. The standard InChI is InChI=1S/C26H35BrN2O2/c1-3-5-7-9-18-29(19-10-8-6-4-2)26(31)22-12-11-13-24(20-22)28-25(30)21-14-16-23(27)17-15-21/h11-17,20H,3-10,18-19H2,1-2H3,(H,28,30). The largest absolute Gasteiger partial charge is 0.339 e. The van der Waals surface area contributed by atoms with Gasteiger partial charge in [-0.25, -0.2) is 0 Å². The number of hydrogen-bond donors (Lipinski definition) is 1. The third-order valence-electron chi connectivity index (χ3n) is 5.32. The molecule has 0 atom stereocenters. The van der Waals surface area contributed by atoms with Gasteiger partial charge in [0.25, 0.3) is 11.8 Å². The van der Waals surface area contributed by atoms with Crippen molar-refractivity contribution in [2.75, 3.05) is 18.4 Å². The molecule has 0 saturated carbocycles. The Kier molecular flexibility index (Phi) is 11.4. The van der Waals surface area contributed by atoms with E-state index in [1.165, 1.54) is 25.7 Å². The summed E-state index contributed by atoms with van der Waals surface area (Å²) in [7, 11) is 0. The van der Waals surface area contributed by atoms with E-state index >= 15 is 0 Å². The lowest BCUT2D eigenvalue weighted by molar-refractivity contribution is 0.0749. The molecule has 0 radical (unpaired) electrons. The zero-order valence-corrected chi connectivity index (χ0v) is 20.4. The number of halogens is 1. The molecular weight excluding hydrogens is 452 g/mol. The Morgan fingerprint density at radius 1 is 0.806 bits per heavy atom. The van der Waals surface area contributed by atoms with Crippen molar-refractivity contribution in [3.63, 3.8) is 0 Å². The Morgan fingerprint density at radius 3 is 2.00 bits per heavy atom. The lowest BCUT2D eigenvalue weighted by atomic mass is 10.1. The SMILES string of the molecule is CCCCCCN(CCCCCC)C(=O)c1cccc(NC(=O)c2ccc(Br)cc2)c1. The molecule has 0 fully saturated rings. The highest BCUT2D eigenvalue weighted by atomic mass is 79.9. The molecule has 5 heteroatoms. The summed E-state index contributed by atoms with van der Waals surface area (Å²) in [4.78, 5) is 27.7. The number of nitrogens with one attached hydrogen (secondary N) is 1. The number of carbonyl (C=O) groups is 2. The smallest absolute Gasteiger partial charge is 0.255 e. The van der Waals surface area contributed by atoms with Gasteiger partial charge in [-0.1, -0.05) is 74.4 Å². The number of hydrogen-bond acceptors (Lipinski definition) is 2. The van der Waals surface area contributed by atoms with Gasteiger partial charge in [-0.2, -0.15) is 0 Å². The minimum absolute atomic E-state index is 0.0488. The average molecular weight is 487 g/mol. The lowest BCUT2D eigenvalue weighted by Crippen LogP contribution is -2.33. The number of rotatable bonds is 13. The van der Waals surface area contributed by atoms with Crippen LogP contribution in [-0.2, 0) is 0 Å². The number of unbranched alkanes of at least 4 members (excludes halogenated alkanes) is 6. The molecule has 31 heavy (non-hydrogen) atoms. The monoisotopic (exact) mass is 486 g/mol. The van der Waals surface area contributed by atoms with Crippen LogP contribution >= 0.6 is 15.9 Å².